The molecule has 0 aromatic carbocycles. The van der Waals surface area contributed by atoms with Crippen molar-refractivity contribution in [3.05, 3.63) is 0 Å². The molecule has 0 aliphatic heterocycles. The quantitative estimate of drug-likeness (QED) is 0.657. The number of methoxy groups -OCH3 is 1. The van der Waals surface area contributed by atoms with Gasteiger partial charge in [0, 0.05) is 13.1 Å². The molecule has 1 unspecified atom stereocenters. The summed E-state index contributed by atoms with van der Waals surface area (Å²) in [5.74, 6) is 1.21. The highest BCUT2D eigenvalue weighted by Crippen LogP contribution is 2.41. The van der Waals surface area contributed by atoms with Gasteiger partial charge < -0.3 is 15.0 Å². The summed E-state index contributed by atoms with van der Waals surface area (Å²) >= 11 is 0. The number of likely N-dealkylation sites (N-methyl/N-ethyl adjacent to an activating group) is 1. The van der Waals surface area contributed by atoms with Crippen LogP contribution in [0.2, 0.25) is 0 Å². The molecule has 0 bridgehead atoms. The van der Waals surface area contributed by atoms with Crippen LogP contribution in [-0.2, 0) is 9.53 Å². The van der Waals surface area contributed by atoms with Crippen LogP contribution < -0.4 is 5.32 Å². The molecule has 2 fully saturated rings. The lowest BCUT2D eigenvalue weighted by molar-refractivity contribution is -0.150. The summed E-state index contributed by atoms with van der Waals surface area (Å²) in [5, 5.41) is 3.52. The van der Waals surface area contributed by atoms with E-state index in [9.17, 15) is 4.79 Å². The summed E-state index contributed by atoms with van der Waals surface area (Å²) in [6, 6.07) is 0. The molecule has 4 heteroatoms. The SMILES string of the molecule is CCCNC(CN(C)CC1CCC1)(C(=O)OC)C1CC1. The molecule has 0 saturated heterocycles. The Morgan fingerprint density at radius 1 is 1.35 bits per heavy atom. The van der Waals surface area contributed by atoms with E-state index < -0.39 is 5.54 Å². The van der Waals surface area contributed by atoms with Crippen molar-refractivity contribution in [3.8, 4) is 0 Å². The van der Waals surface area contributed by atoms with E-state index in [4.69, 9.17) is 4.74 Å². The first-order valence-electron chi connectivity index (χ1n) is 8.14. The fraction of sp³-hybridized carbons (Fsp3) is 0.938. The van der Waals surface area contributed by atoms with E-state index >= 15 is 0 Å². The van der Waals surface area contributed by atoms with Gasteiger partial charge in [-0.05, 0) is 57.5 Å². The second-order valence-corrected chi connectivity index (χ2v) is 6.66. The van der Waals surface area contributed by atoms with Crippen molar-refractivity contribution in [2.75, 3.05) is 33.8 Å². The van der Waals surface area contributed by atoms with Crippen LogP contribution in [0.25, 0.3) is 0 Å². The van der Waals surface area contributed by atoms with Gasteiger partial charge in [0.2, 0.25) is 0 Å². The highest BCUT2D eigenvalue weighted by atomic mass is 16.5. The van der Waals surface area contributed by atoms with Gasteiger partial charge in [-0.25, -0.2) is 4.79 Å². The molecule has 0 radical (unpaired) electrons. The molecule has 4 nitrogen and oxygen atoms in total. The predicted molar refractivity (Wildman–Crippen MR) is 80.6 cm³/mol. The average molecular weight is 282 g/mol. The minimum Gasteiger partial charge on any atom is -0.468 e. The number of hydrogen-bond donors (Lipinski definition) is 1. The maximum atomic E-state index is 12.4. The lowest BCUT2D eigenvalue weighted by atomic mass is 9.84. The van der Waals surface area contributed by atoms with E-state index in [1.165, 1.54) is 26.4 Å². The highest BCUT2D eigenvalue weighted by Gasteiger charge is 2.52. The van der Waals surface area contributed by atoms with Crippen LogP contribution in [0, 0.1) is 11.8 Å². The monoisotopic (exact) mass is 282 g/mol. The van der Waals surface area contributed by atoms with Crippen molar-refractivity contribution in [1.29, 1.82) is 0 Å². The Hall–Kier alpha value is -0.610. The van der Waals surface area contributed by atoms with Crippen molar-refractivity contribution in [2.24, 2.45) is 11.8 Å². The van der Waals surface area contributed by atoms with Gasteiger partial charge in [0.15, 0.2) is 0 Å². The van der Waals surface area contributed by atoms with Crippen molar-refractivity contribution < 1.29 is 9.53 Å². The molecule has 2 aliphatic carbocycles. The van der Waals surface area contributed by atoms with E-state index in [2.05, 4.69) is 24.2 Å². The van der Waals surface area contributed by atoms with Gasteiger partial charge in [0.25, 0.3) is 0 Å². The minimum absolute atomic E-state index is 0.0751. The second-order valence-electron chi connectivity index (χ2n) is 6.66. The highest BCUT2D eigenvalue weighted by molar-refractivity contribution is 5.82. The van der Waals surface area contributed by atoms with Gasteiger partial charge in [0.1, 0.15) is 5.54 Å². The van der Waals surface area contributed by atoms with Crippen LogP contribution in [0.3, 0.4) is 0 Å². The molecular formula is C16H30N2O2. The Morgan fingerprint density at radius 2 is 2.05 bits per heavy atom. The number of nitrogens with one attached hydrogen (secondary N) is 1. The first-order chi connectivity index (χ1) is 9.62. The maximum absolute atomic E-state index is 12.4. The van der Waals surface area contributed by atoms with Gasteiger partial charge >= 0.3 is 5.97 Å². The number of nitrogens with zero attached hydrogens (tertiary/aromatic N) is 1. The maximum Gasteiger partial charge on any atom is 0.327 e. The Kier molecular flexibility index (Phi) is 5.44. The summed E-state index contributed by atoms with van der Waals surface area (Å²) in [6.45, 7) is 4.91. The molecule has 116 valence electrons. The molecule has 2 aliphatic rings. The molecule has 0 aromatic rings. The molecule has 2 rings (SSSR count). The predicted octanol–water partition coefficient (Wildman–Crippen LogP) is 2.04. The molecule has 2 saturated carbocycles. The normalized spacial score (nSPS) is 22.4. The largest absolute Gasteiger partial charge is 0.468 e. The molecule has 20 heavy (non-hydrogen) atoms. The second kappa shape index (κ2) is 6.90. The molecular weight excluding hydrogens is 252 g/mol. The molecule has 1 N–H and O–H groups in total. The molecule has 0 heterocycles. The topological polar surface area (TPSA) is 41.6 Å². The Morgan fingerprint density at radius 3 is 2.50 bits per heavy atom. The summed E-state index contributed by atoms with van der Waals surface area (Å²) in [4.78, 5) is 14.7. The van der Waals surface area contributed by atoms with E-state index in [0.717, 1.165) is 44.8 Å². The number of hydrogen-bond acceptors (Lipinski definition) is 4. The molecule has 1 atom stereocenters. The van der Waals surface area contributed by atoms with Crippen LogP contribution in [0.1, 0.15) is 45.4 Å². The zero-order valence-electron chi connectivity index (χ0n) is 13.3. The number of carbonyl (C=O) groups excluding carboxylic acids is 1. The standard InChI is InChI=1S/C16H30N2O2/c1-4-10-17-16(14-8-9-14,15(19)20-3)12-18(2)11-13-6-5-7-13/h13-14,17H,4-12H2,1-3H3. The number of esters is 1. The third-order valence-electron chi connectivity index (χ3n) is 4.83. The van der Waals surface area contributed by atoms with Gasteiger partial charge in [-0.2, -0.15) is 0 Å². The van der Waals surface area contributed by atoms with Gasteiger partial charge in [-0.3, -0.25) is 0 Å². The third-order valence-corrected chi connectivity index (χ3v) is 4.83. The van der Waals surface area contributed by atoms with Gasteiger partial charge in [-0.15, -0.1) is 0 Å². The van der Waals surface area contributed by atoms with Crippen molar-refractivity contribution in [2.45, 2.75) is 51.0 Å². The summed E-state index contributed by atoms with van der Waals surface area (Å²) in [7, 11) is 3.66. The van der Waals surface area contributed by atoms with E-state index in [0.29, 0.717) is 5.92 Å². The van der Waals surface area contributed by atoms with Crippen molar-refractivity contribution >= 4 is 5.97 Å². The summed E-state index contributed by atoms with van der Waals surface area (Å²) in [6.07, 6.45) is 7.39. The average Bonchev–Trinajstić information content (AvgIpc) is 3.22. The molecule has 0 amide bonds. The Balaban J connectivity index is 2.00. The van der Waals surface area contributed by atoms with Crippen LogP contribution in [0.4, 0.5) is 0 Å². The smallest absolute Gasteiger partial charge is 0.327 e. The van der Waals surface area contributed by atoms with E-state index in [1.54, 1.807) is 0 Å². The number of rotatable bonds is 9. The fourth-order valence-electron chi connectivity index (χ4n) is 3.35. The summed E-state index contributed by atoms with van der Waals surface area (Å²) in [5.41, 5.74) is -0.483. The van der Waals surface area contributed by atoms with Crippen molar-refractivity contribution in [3.63, 3.8) is 0 Å². The van der Waals surface area contributed by atoms with Gasteiger partial charge in [0.05, 0.1) is 7.11 Å². The lowest BCUT2D eigenvalue weighted by Crippen LogP contribution is -2.61. The first-order valence-corrected chi connectivity index (χ1v) is 8.14. The van der Waals surface area contributed by atoms with Crippen LogP contribution in [-0.4, -0.2) is 50.2 Å². The molecule has 0 spiro atoms. The zero-order chi connectivity index (χ0) is 14.6. The Labute approximate surface area is 123 Å². The van der Waals surface area contributed by atoms with Crippen molar-refractivity contribution in [1.82, 2.24) is 10.2 Å². The van der Waals surface area contributed by atoms with Crippen LogP contribution in [0.15, 0.2) is 0 Å². The van der Waals surface area contributed by atoms with Crippen LogP contribution >= 0.6 is 0 Å². The lowest BCUT2D eigenvalue weighted by Gasteiger charge is -2.38. The Bertz CT molecular complexity index is 326. The number of ether oxygens (including phenoxy) is 1. The van der Waals surface area contributed by atoms with Crippen LogP contribution in [0.5, 0.6) is 0 Å². The van der Waals surface area contributed by atoms with E-state index in [1.807, 2.05) is 0 Å². The van der Waals surface area contributed by atoms with E-state index in [-0.39, 0.29) is 5.97 Å². The van der Waals surface area contributed by atoms with Gasteiger partial charge in [-0.1, -0.05) is 13.3 Å². The summed E-state index contributed by atoms with van der Waals surface area (Å²) < 4.78 is 5.13. The molecule has 0 aromatic heterocycles. The minimum atomic E-state index is -0.483. The first kappa shape index (κ1) is 15.8. The zero-order valence-corrected chi connectivity index (χ0v) is 13.3. The third kappa shape index (κ3) is 3.53. The number of carbonyl (C=O) groups is 1. The fourth-order valence-corrected chi connectivity index (χ4v) is 3.35.